The van der Waals surface area contributed by atoms with E-state index in [-0.39, 0.29) is 10.5 Å². The van der Waals surface area contributed by atoms with E-state index in [1.54, 1.807) is 51.2 Å². The molecular weight excluding hydrogens is 474 g/mol. The van der Waals surface area contributed by atoms with Crippen LogP contribution in [-0.4, -0.2) is 36.4 Å². The van der Waals surface area contributed by atoms with Crippen LogP contribution in [0.25, 0.3) is 16.6 Å². The zero-order chi connectivity index (χ0) is 26.2. The summed E-state index contributed by atoms with van der Waals surface area (Å²) in [4.78, 5) is 19.0. The molecule has 0 aliphatic rings. The molecule has 0 N–H and O–H groups in total. The summed E-state index contributed by atoms with van der Waals surface area (Å²) >= 11 is 0. The van der Waals surface area contributed by atoms with Crippen LogP contribution < -0.4 is 10.3 Å². The van der Waals surface area contributed by atoms with E-state index in [1.807, 2.05) is 44.2 Å². The summed E-state index contributed by atoms with van der Waals surface area (Å²) in [6.45, 7) is 7.45. The highest BCUT2D eigenvalue weighted by molar-refractivity contribution is 7.89. The number of ether oxygens (including phenoxy) is 1. The van der Waals surface area contributed by atoms with E-state index in [9.17, 15) is 13.2 Å². The highest BCUT2D eigenvalue weighted by Gasteiger charge is 2.34. The summed E-state index contributed by atoms with van der Waals surface area (Å²) in [5.41, 5.74) is 3.10. The molecule has 0 aliphatic heterocycles. The van der Waals surface area contributed by atoms with E-state index in [1.165, 1.54) is 16.0 Å². The van der Waals surface area contributed by atoms with Gasteiger partial charge in [-0.2, -0.15) is 4.31 Å². The van der Waals surface area contributed by atoms with Crippen molar-refractivity contribution in [3.05, 3.63) is 93.5 Å². The van der Waals surface area contributed by atoms with Crippen LogP contribution in [0.2, 0.25) is 0 Å². The Morgan fingerprint density at radius 3 is 2.25 bits per heavy atom. The number of aromatic nitrogens is 2. The normalized spacial score (nSPS) is 12.8. The second kappa shape index (κ2) is 9.87. The molecule has 36 heavy (non-hydrogen) atoms. The second-order valence-electron chi connectivity index (χ2n) is 8.97. The SMILES string of the molecule is CCC(c1nc2ccccc2c(=O)n1-c1ccccc1OC)N(C)S(=O)(=O)c1c(C)cc(C)cc1C. The second-order valence-corrected chi connectivity index (χ2v) is 10.9. The van der Waals surface area contributed by atoms with Gasteiger partial charge in [-0.1, -0.05) is 48.9 Å². The van der Waals surface area contributed by atoms with Gasteiger partial charge in [0.2, 0.25) is 10.0 Å². The van der Waals surface area contributed by atoms with Gasteiger partial charge in [0.25, 0.3) is 5.56 Å². The lowest BCUT2D eigenvalue weighted by atomic mass is 10.1. The van der Waals surface area contributed by atoms with E-state index in [0.717, 1.165) is 5.56 Å². The Morgan fingerprint density at radius 2 is 1.61 bits per heavy atom. The third-order valence-electron chi connectivity index (χ3n) is 6.49. The predicted molar refractivity (Wildman–Crippen MR) is 143 cm³/mol. The van der Waals surface area contributed by atoms with Gasteiger partial charge in [0.15, 0.2) is 0 Å². The van der Waals surface area contributed by atoms with Crippen LogP contribution >= 0.6 is 0 Å². The molecule has 1 unspecified atom stereocenters. The third-order valence-corrected chi connectivity index (χ3v) is 8.67. The van der Waals surface area contributed by atoms with Crippen molar-refractivity contribution in [2.24, 2.45) is 0 Å². The summed E-state index contributed by atoms with van der Waals surface area (Å²) in [5.74, 6) is 0.822. The molecule has 4 rings (SSSR count). The van der Waals surface area contributed by atoms with Gasteiger partial charge in [0.05, 0.1) is 34.6 Å². The average Bonchev–Trinajstić information content (AvgIpc) is 2.84. The Hall–Kier alpha value is -3.49. The summed E-state index contributed by atoms with van der Waals surface area (Å²) < 4.78 is 36.3. The first kappa shape index (κ1) is 25.6. The number of sulfonamides is 1. The predicted octanol–water partition coefficient (Wildman–Crippen LogP) is 5.09. The molecule has 0 spiro atoms. The summed E-state index contributed by atoms with van der Waals surface area (Å²) in [7, 11) is -0.822. The number of hydrogen-bond acceptors (Lipinski definition) is 5. The van der Waals surface area contributed by atoms with Gasteiger partial charge in [-0.3, -0.25) is 9.36 Å². The molecule has 1 heterocycles. The molecule has 1 aromatic heterocycles. The molecule has 188 valence electrons. The highest BCUT2D eigenvalue weighted by atomic mass is 32.2. The van der Waals surface area contributed by atoms with Crippen molar-refractivity contribution >= 4 is 20.9 Å². The largest absolute Gasteiger partial charge is 0.495 e. The molecule has 0 amide bonds. The smallest absolute Gasteiger partial charge is 0.266 e. The van der Waals surface area contributed by atoms with Crippen LogP contribution in [0.5, 0.6) is 5.75 Å². The molecule has 1 atom stereocenters. The van der Waals surface area contributed by atoms with Crippen LogP contribution in [0.15, 0.2) is 70.4 Å². The van der Waals surface area contributed by atoms with Gasteiger partial charge in [-0.15, -0.1) is 0 Å². The quantitative estimate of drug-likeness (QED) is 0.349. The zero-order valence-electron chi connectivity index (χ0n) is 21.4. The van der Waals surface area contributed by atoms with Crippen molar-refractivity contribution in [2.45, 2.75) is 45.1 Å². The Morgan fingerprint density at radius 1 is 1.00 bits per heavy atom. The molecule has 8 heteroatoms. The van der Waals surface area contributed by atoms with Crippen LogP contribution in [0.3, 0.4) is 0 Å². The summed E-state index contributed by atoms with van der Waals surface area (Å²) in [6, 6.07) is 17.3. The van der Waals surface area contributed by atoms with Crippen molar-refractivity contribution in [3.63, 3.8) is 0 Å². The first-order chi connectivity index (χ1) is 17.1. The van der Waals surface area contributed by atoms with Crippen LogP contribution in [-0.2, 0) is 10.0 Å². The molecule has 4 aromatic rings. The Labute approximate surface area is 212 Å². The fraction of sp³-hybridized carbons (Fsp3) is 0.286. The lowest BCUT2D eigenvalue weighted by Gasteiger charge is -2.29. The molecule has 0 saturated carbocycles. The van der Waals surface area contributed by atoms with E-state index in [0.29, 0.717) is 45.7 Å². The van der Waals surface area contributed by atoms with Gasteiger partial charge < -0.3 is 4.74 Å². The first-order valence-corrected chi connectivity index (χ1v) is 13.3. The minimum Gasteiger partial charge on any atom is -0.495 e. The number of methoxy groups -OCH3 is 1. The first-order valence-electron chi connectivity index (χ1n) is 11.8. The Balaban J connectivity index is 2.00. The Kier molecular flexibility index (Phi) is 7.02. The zero-order valence-corrected chi connectivity index (χ0v) is 22.3. The van der Waals surface area contributed by atoms with E-state index in [2.05, 4.69) is 0 Å². The lowest BCUT2D eigenvalue weighted by molar-refractivity contribution is 0.346. The van der Waals surface area contributed by atoms with E-state index in [4.69, 9.17) is 9.72 Å². The number of benzene rings is 3. The van der Waals surface area contributed by atoms with Crippen LogP contribution in [0.1, 0.15) is 41.9 Å². The van der Waals surface area contributed by atoms with Crippen molar-refractivity contribution in [2.75, 3.05) is 14.2 Å². The Bertz CT molecular complexity index is 1590. The number of para-hydroxylation sites is 3. The standard InChI is InChI=1S/C28H31N3O4S/c1-7-23(30(5)36(33,34)26-19(3)16-18(2)17-20(26)4)27-29-22-13-9-8-12-21(22)28(32)31(27)24-14-10-11-15-25(24)35-6/h8-17,23H,7H2,1-6H3. The fourth-order valence-corrected chi connectivity index (χ4v) is 6.71. The van der Waals surface area contributed by atoms with Crippen molar-refractivity contribution in [3.8, 4) is 11.4 Å². The molecule has 7 nitrogen and oxygen atoms in total. The highest BCUT2D eigenvalue weighted by Crippen LogP contribution is 2.33. The fourth-order valence-electron chi connectivity index (χ4n) is 4.91. The minimum absolute atomic E-state index is 0.279. The maximum atomic E-state index is 14.0. The van der Waals surface area contributed by atoms with Gasteiger partial charge in [0.1, 0.15) is 11.6 Å². The molecule has 0 aliphatic carbocycles. The summed E-state index contributed by atoms with van der Waals surface area (Å²) in [5, 5.41) is 0.442. The maximum absolute atomic E-state index is 14.0. The van der Waals surface area contributed by atoms with Crippen molar-refractivity contribution in [1.82, 2.24) is 13.9 Å². The van der Waals surface area contributed by atoms with E-state index < -0.39 is 16.1 Å². The number of rotatable bonds is 7. The van der Waals surface area contributed by atoms with Crippen LogP contribution in [0.4, 0.5) is 0 Å². The number of nitrogens with zero attached hydrogens (tertiary/aromatic N) is 3. The van der Waals surface area contributed by atoms with E-state index >= 15 is 0 Å². The molecule has 0 radical (unpaired) electrons. The van der Waals surface area contributed by atoms with Gasteiger partial charge in [-0.25, -0.2) is 13.4 Å². The van der Waals surface area contributed by atoms with Gasteiger partial charge >= 0.3 is 0 Å². The number of aryl methyl sites for hydroxylation is 3. The van der Waals surface area contributed by atoms with Crippen molar-refractivity contribution in [1.29, 1.82) is 0 Å². The topological polar surface area (TPSA) is 81.5 Å². The molecule has 0 fully saturated rings. The monoisotopic (exact) mass is 505 g/mol. The van der Waals surface area contributed by atoms with Crippen molar-refractivity contribution < 1.29 is 13.2 Å². The van der Waals surface area contributed by atoms with Crippen LogP contribution in [0, 0.1) is 20.8 Å². The third kappa shape index (κ3) is 4.31. The maximum Gasteiger partial charge on any atom is 0.266 e. The number of fused-ring (bicyclic) bond motifs is 1. The molecule has 3 aromatic carbocycles. The minimum atomic E-state index is -3.91. The molecule has 0 saturated heterocycles. The van der Waals surface area contributed by atoms with Gasteiger partial charge in [-0.05, 0) is 62.6 Å². The molecular formula is C28H31N3O4S. The lowest BCUT2D eigenvalue weighted by Crippen LogP contribution is -2.36. The average molecular weight is 506 g/mol. The number of hydrogen-bond donors (Lipinski definition) is 0. The molecule has 0 bridgehead atoms. The summed E-state index contributed by atoms with van der Waals surface area (Å²) in [6.07, 6.45) is 0.402. The van der Waals surface area contributed by atoms with Gasteiger partial charge in [0, 0.05) is 7.05 Å².